The van der Waals surface area contributed by atoms with E-state index >= 15 is 0 Å². The zero-order valence-electron chi connectivity index (χ0n) is 12.1. The summed E-state index contributed by atoms with van der Waals surface area (Å²) >= 11 is 0. The molecule has 4 heteroatoms. The third kappa shape index (κ3) is 3.45. The molecular formula is C15H24N2O2. The van der Waals surface area contributed by atoms with Crippen molar-refractivity contribution in [3.8, 4) is 5.75 Å². The molecule has 0 aliphatic carbocycles. The largest absolute Gasteiger partial charge is 0.492 e. The van der Waals surface area contributed by atoms with Crippen LogP contribution in [0.1, 0.15) is 38.8 Å². The summed E-state index contributed by atoms with van der Waals surface area (Å²) in [5.41, 5.74) is 1.14. The number of hydrogen-bond donors (Lipinski definition) is 1. The summed E-state index contributed by atoms with van der Waals surface area (Å²) in [6.45, 7) is 8.78. The van der Waals surface area contributed by atoms with Gasteiger partial charge in [0.15, 0.2) is 0 Å². The minimum Gasteiger partial charge on any atom is -0.492 e. The number of rotatable bonds is 6. The highest BCUT2D eigenvalue weighted by Gasteiger charge is 2.32. The van der Waals surface area contributed by atoms with Gasteiger partial charge in [0.25, 0.3) is 0 Å². The van der Waals surface area contributed by atoms with Crippen LogP contribution in [-0.2, 0) is 4.74 Å². The molecule has 1 N–H and O–H groups in total. The Bertz CT molecular complexity index is 397. The Hall–Kier alpha value is -1.13. The maximum Gasteiger partial charge on any atom is 0.137 e. The van der Waals surface area contributed by atoms with Crippen LogP contribution in [0, 0.1) is 5.92 Å². The first kappa shape index (κ1) is 14.3. The Balaban J connectivity index is 2.20. The third-order valence-electron chi connectivity index (χ3n) is 3.60. The van der Waals surface area contributed by atoms with Gasteiger partial charge in [-0.05, 0) is 37.4 Å². The van der Waals surface area contributed by atoms with Gasteiger partial charge in [0.2, 0.25) is 0 Å². The number of nitrogens with one attached hydrogen (secondary N) is 1. The van der Waals surface area contributed by atoms with Crippen molar-refractivity contribution in [2.75, 3.05) is 19.8 Å². The molecule has 3 atom stereocenters. The zero-order valence-corrected chi connectivity index (χ0v) is 12.1. The van der Waals surface area contributed by atoms with Crippen molar-refractivity contribution < 1.29 is 9.47 Å². The summed E-state index contributed by atoms with van der Waals surface area (Å²) in [7, 11) is 0. The lowest BCUT2D eigenvalue weighted by Gasteiger charge is -2.27. The van der Waals surface area contributed by atoms with Gasteiger partial charge in [0.05, 0.1) is 24.9 Å². The average Bonchev–Trinajstić information content (AvgIpc) is 2.83. The lowest BCUT2D eigenvalue weighted by atomic mass is 9.93. The fourth-order valence-electron chi connectivity index (χ4n) is 2.64. The SMILES string of the molecule is CCNC(c1cncc(OCC)c1)C1OCCC1C. The van der Waals surface area contributed by atoms with Crippen LogP contribution in [0.4, 0.5) is 0 Å². The van der Waals surface area contributed by atoms with Gasteiger partial charge in [-0.2, -0.15) is 0 Å². The third-order valence-corrected chi connectivity index (χ3v) is 3.60. The highest BCUT2D eigenvalue weighted by atomic mass is 16.5. The second-order valence-corrected chi connectivity index (χ2v) is 5.02. The van der Waals surface area contributed by atoms with E-state index < -0.39 is 0 Å². The molecule has 106 valence electrons. The van der Waals surface area contributed by atoms with Crippen molar-refractivity contribution in [3.63, 3.8) is 0 Å². The summed E-state index contributed by atoms with van der Waals surface area (Å²) in [6, 6.07) is 2.26. The van der Waals surface area contributed by atoms with E-state index in [2.05, 4.69) is 30.2 Å². The highest BCUT2D eigenvalue weighted by Crippen LogP contribution is 2.32. The van der Waals surface area contributed by atoms with Crippen LogP contribution in [0.2, 0.25) is 0 Å². The molecule has 2 rings (SSSR count). The number of likely N-dealkylation sites (N-methyl/N-ethyl adjacent to an activating group) is 1. The Morgan fingerprint density at radius 2 is 2.32 bits per heavy atom. The van der Waals surface area contributed by atoms with E-state index in [1.807, 2.05) is 13.1 Å². The number of hydrogen-bond acceptors (Lipinski definition) is 4. The first-order chi connectivity index (χ1) is 9.26. The van der Waals surface area contributed by atoms with Gasteiger partial charge >= 0.3 is 0 Å². The van der Waals surface area contributed by atoms with Gasteiger partial charge < -0.3 is 14.8 Å². The van der Waals surface area contributed by atoms with E-state index in [4.69, 9.17) is 9.47 Å². The van der Waals surface area contributed by atoms with Crippen molar-refractivity contribution in [2.24, 2.45) is 5.92 Å². The molecule has 0 amide bonds. The van der Waals surface area contributed by atoms with Crippen LogP contribution in [0.15, 0.2) is 18.5 Å². The summed E-state index contributed by atoms with van der Waals surface area (Å²) in [4.78, 5) is 4.28. The van der Waals surface area contributed by atoms with Crippen LogP contribution in [0.5, 0.6) is 5.75 Å². The maximum absolute atomic E-state index is 5.90. The van der Waals surface area contributed by atoms with Crippen LogP contribution in [-0.4, -0.2) is 30.8 Å². The van der Waals surface area contributed by atoms with Gasteiger partial charge in [-0.3, -0.25) is 4.98 Å². The predicted octanol–water partition coefficient (Wildman–Crippen LogP) is 2.56. The van der Waals surface area contributed by atoms with Gasteiger partial charge in [-0.25, -0.2) is 0 Å². The van der Waals surface area contributed by atoms with E-state index in [1.54, 1.807) is 6.20 Å². The summed E-state index contributed by atoms with van der Waals surface area (Å²) in [5.74, 6) is 1.40. The molecule has 0 saturated carbocycles. The molecule has 0 bridgehead atoms. The first-order valence-corrected chi connectivity index (χ1v) is 7.19. The Morgan fingerprint density at radius 3 is 2.95 bits per heavy atom. The summed E-state index contributed by atoms with van der Waals surface area (Å²) in [6.07, 6.45) is 5.02. The van der Waals surface area contributed by atoms with Crippen molar-refractivity contribution >= 4 is 0 Å². The second kappa shape index (κ2) is 6.87. The van der Waals surface area contributed by atoms with Gasteiger partial charge in [0, 0.05) is 12.8 Å². The van der Waals surface area contributed by atoms with Gasteiger partial charge in [-0.15, -0.1) is 0 Å². The van der Waals surface area contributed by atoms with Crippen LogP contribution < -0.4 is 10.1 Å². The van der Waals surface area contributed by atoms with E-state index in [-0.39, 0.29) is 12.1 Å². The fraction of sp³-hybridized carbons (Fsp3) is 0.667. The molecule has 19 heavy (non-hydrogen) atoms. The normalized spacial score (nSPS) is 24.4. The molecule has 0 radical (unpaired) electrons. The Kier molecular flexibility index (Phi) is 5.16. The maximum atomic E-state index is 5.90. The summed E-state index contributed by atoms with van der Waals surface area (Å²) in [5, 5.41) is 3.52. The molecule has 3 unspecified atom stereocenters. The molecule has 1 aliphatic rings. The Morgan fingerprint density at radius 1 is 1.47 bits per heavy atom. The van der Waals surface area contributed by atoms with E-state index in [1.165, 1.54) is 0 Å². The second-order valence-electron chi connectivity index (χ2n) is 5.02. The molecule has 0 spiro atoms. The van der Waals surface area contributed by atoms with E-state index in [0.29, 0.717) is 12.5 Å². The van der Waals surface area contributed by atoms with Gasteiger partial charge in [0.1, 0.15) is 5.75 Å². The molecule has 1 aromatic heterocycles. The number of nitrogens with zero attached hydrogens (tertiary/aromatic N) is 1. The summed E-state index contributed by atoms with van der Waals surface area (Å²) < 4.78 is 11.4. The lowest BCUT2D eigenvalue weighted by Crippen LogP contribution is -2.34. The highest BCUT2D eigenvalue weighted by molar-refractivity contribution is 5.27. The monoisotopic (exact) mass is 264 g/mol. The fourth-order valence-corrected chi connectivity index (χ4v) is 2.64. The number of pyridine rings is 1. The minimum atomic E-state index is 0.190. The molecule has 1 saturated heterocycles. The quantitative estimate of drug-likeness (QED) is 0.857. The topological polar surface area (TPSA) is 43.4 Å². The molecule has 1 aromatic rings. The zero-order chi connectivity index (χ0) is 13.7. The first-order valence-electron chi connectivity index (χ1n) is 7.19. The van der Waals surface area contributed by atoms with Crippen LogP contribution >= 0.6 is 0 Å². The van der Waals surface area contributed by atoms with Crippen molar-refractivity contribution in [2.45, 2.75) is 39.3 Å². The molecular weight excluding hydrogens is 240 g/mol. The van der Waals surface area contributed by atoms with E-state index in [0.717, 1.165) is 30.9 Å². The smallest absolute Gasteiger partial charge is 0.137 e. The van der Waals surface area contributed by atoms with Crippen molar-refractivity contribution in [1.82, 2.24) is 10.3 Å². The lowest BCUT2D eigenvalue weighted by molar-refractivity contribution is 0.0610. The van der Waals surface area contributed by atoms with Crippen LogP contribution in [0.25, 0.3) is 0 Å². The number of aromatic nitrogens is 1. The molecule has 2 heterocycles. The van der Waals surface area contributed by atoms with Crippen molar-refractivity contribution in [3.05, 3.63) is 24.0 Å². The predicted molar refractivity (Wildman–Crippen MR) is 75.3 cm³/mol. The average molecular weight is 264 g/mol. The Labute approximate surface area is 115 Å². The van der Waals surface area contributed by atoms with Gasteiger partial charge in [-0.1, -0.05) is 13.8 Å². The van der Waals surface area contributed by atoms with Crippen LogP contribution in [0.3, 0.4) is 0 Å². The molecule has 0 aromatic carbocycles. The standard InChI is InChI=1S/C15H24N2O2/c1-4-17-14(15-11(3)6-7-19-15)12-8-13(18-5-2)10-16-9-12/h8-11,14-15,17H,4-7H2,1-3H3. The molecule has 1 aliphatic heterocycles. The molecule has 4 nitrogen and oxygen atoms in total. The van der Waals surface area contributed by atoms with E-state index in [9.17, 15) is 0 Å². The number of ether oxygens (including phenoxy) is 2. The van der Waals surface area contributed by atoms with Crippen molar-refractivity contribution in [1.29, 1.82) is 0 Å². The molecule has 1 fully saturated rings. The minimum absolute atomic E-state index is 0.190.